The van der Waals surface area contributed by atoms with E-state index in [9.17, 15) is 0 Å². The highest BCUT2D eigenvalue weighted by Gasteiger charge is 2.05. The van der Waals surface area contributed by atoms with E-state index >= 15 is 0 Å². The van der Waals surface area contributed by atoms with E-state index in [1.54, 1.807) is 11.8 Å². The van der Waals surface area contributed by atoms with Crippen LogP contribution < -0.4 is 5.32 Å². The van der Waals surface area contributed by atoms with Crippen molar-refractivity contribution in [3.63, 3.8) is 0 Å². The maximum Gasteiger partial charge on any atom is 0.130 e. The van der Waals surface area contributed by atoms with Crippen molar-refractivity contribution in [3.05, 3.63) is 47.9 Å². The monoisotopic (exact) mass is 328 g/mol. The molecule has 0 aliphatic heterocycles. The van der Waals surface area contributed by atoms with Crippen LogP contribution in [0.15, 0.2) is 52.9 Å². The van der Waals surface area contributed by atoms with Crippen LogP contribution in [-0.2, 0) is 7.05 Å². The number of hydrogen-bond donors (Lipinski definition) is 1. The van der Waals surface area contributed by atoms with Crippen LogP contribution in [0.3, 0.4) is 0 Å². The van der Waals surface area contributed by atoms with Crippen LogP contribution in [0, 0.1) is 0 Å². The highest BCUT2D eigenvalue weighted by Crippen LogP contribution is 2.22. The Balaban J connectivity index is 2.36. The molecule has 23 heavy (non-hydrogen) atoms. The van der Waals surface area contributed by atoms with Crippen molar-refractivity contribution >= 4 is 33.4 Å². The molecular weight excluding hydrogens is 304 g/mol. The first-order valence-electron chi connectivity index (χ1n) is 7.73. The highest BCUT2D eigenvalue weighted by atomic mass is 32.2. The quantitative estimate of drug-likeness (QED) is 0.623. The van der Waals surface area contributed by atoms with Gasteiger partial charge in [-0.25, -0.2) is 4.99 Å². The molecule has 0 atom stereocenters. The first-order valence-corrected chi connectivity index (χ1v) is 8.95. The fourth-order valence-electron chi connectivity index (χ4n) is 2.18. The van der Waals surface area contributed by atoms with Gasteiger partial charge < -0.3 is 5.32 Å². The molecule has 0 saturated heterocycles. The number of nitrogens with one attached hydrogen (secondary N) is 1. The fourth-order valence-corrected chi connectivity index (χ4v) is 2.63. The van der Waals surface area contributed by atoms with Crippen molar-refractivity contribution in [1.29, 1.82) is 0 Å². The predicted octanol–water partition coefficient (Wildman–Crippen LogP) is 4.96. The zero-order valence-electron chi connectivity index (χ0n) is 14.4. The largest absolute Gasteiger partial charge is 0.340 e. The number of aromatic nitrogens is 2. The van der Waals surface area contributed by atoms with E-state index in [-0.39, 0.29) is 0 Å². The van der Waals surface area contributed by atoms with Crippen molar-refractivity contribution in [2.45, 2.75) is 27.2 Å². The van der Waals surface area contributed by atoms with Gasteiger partial charge in [-0.1, -0.05) is 13.0 Å². The van der Waals surface area contributed by atoms with Crippen LogP contribution >= 0.6 is 11.8 Å². The zero-order chi connectivity index (χ0) is 16.8. The average Bonchev–Trinajstić information content (AvgIpc) is 2.93. The molecule has 4 nitrogen and oxygen atoms in total. The number of fused-ring (bicyclic) bond motifs is 1. The third-order valence-corrected chi connectivity index (χ3v) is 4.33. The molecule has 0 bridgehead atoms. The number of thioether (sulfide) groups is 1. The van der Waals surface area contributed by atoms with Crippen LogP contribution in [0.4, 0.5) is 5.69 Å². The summed E-state index contributed by atoms with van der Waals surface area (Å²) in [6.45, 7) is 6.26. The maximum atomic E-state index is 4.78. The van der Waals surface area contributed by atoms with E-state index in [0.29, 0.717) is 0 Å². The molecule has 1 heterocycles. The standard InChI is InChI=1S/C18H24N4S/c1-6-8-17(23-5)21-18(13(3)7-2)20-15-9-10-16-14(11-15)12-19-22(16)4/h6,8-12,20H,7H2,1-5H3/b8-6-,18-13+,21-17+. The third-order valence-electron chi connectivity index (χ3n) is 3.68. The average molecular weight is 328 g/mol. The van der Waals surface area contributed by atoms with Gasteiger partial charge in [0.1, 0.15) is 5.82 Å². The van der Waals surface area contributed by atoms with Crippen LogP contribution in [-0.4, -0.2) is 21.1 Å². The minimum absolute atomic E-state index is 0.915. The lowest BCUT2D eigenvalue weighted by Crippen LogP contribution is -2.02. The van der Waals surface area contributed by atoms with Gasteiger partial charge in [0, 0.05) is 18.1 Å². The summed E-state index contributed by atoms with van der Waals surface area (Å²) in [4.78, 5) is 4.78. The SMILES string of the molecule is C\C=C/C(=N\C(Nc1ccc2c(cnn2C)c1)=C(/C)CC)SC. The Hall–Kier alpha value is -2.01. The van der Waals surface area contributed by atoms with Gasteiger partial charge >= 0.3 is 0 Å². The van der Waals surface area contributed by atoms with Crippen LogP contribution in [0.2, 0.25) is 0 Å². The lowest BCUT2D eigenvalue weighted by atomic mass is 10.2. The molecule has 1 N–H and O–H groups in total. The molecule has 0 fully saturated rings. The Morgan fingerprint density at radius 2 is 2.22 bits per heavy atom. The predicted molar refractivity (Wildman–Crippen MR) is 103 cm³/mol. The van der Waals surface area contributed by atoms with Gasteiger partial charge in [-0.3, -0.25) is 4.68 Å². The van der Waals surface area contributed by atoms with Gasteiger partial charge in [0.2, 0.25) is 0 Å². The molecule has 0 radical (unpaired) electrons. The van der Waals surface area contributed by atoms with Crippen molar-refractivity contribution < 1.29 is 0 Å². The van der Waals surface area contributed by atoms with Gasteiger partial charge in [0.05, 0.1) is 16.8 Å². The van der Waals surface area contributed by atoms with E-state index in [2.05, 4.69) is 42.5 Å². The second kappa shape index (κ2) is 8.02. The first kappa shape index (κ1) is 17.3. The fraction of sp³-hybridized carbons (Fsp3) is 0.333. The summed E-state index contributed by atoms with van der Waals surface area (Å²) in [6.07, 6.45) is 8.92. The lowest BCUT2D eigenvalue weighted by molar-refractivity contribution is 0.797. The number of aryl methyl sites for hydroxylation is 1. The maximum absolute atomic E-state index is 4.78. The van der Waals surface area contributed by atoms with Gasteiger partial charge in [-0.15, -0.1) is 11.8 Å². The second-order valence-corrected chi connectivity index (χ2v) is 6.13. The lowest BCUT2D eigenvalue weighted by Gasteiger charge is -2.11. The van der Waals surface area contributed by atoms with E-state index in [1.807, 2.05) is 43.3 Å². The third kappa shape index (κ3) is 4.26. The molecule has 0 spiro atoms. The van der Waals surface area contributed by atoms with Gasteiger partial charge in [-0.2, -0.15) is 5.10 Å². The Labute approximate surface area is 142 Å². The van der Waals surface area contributed by atoms with Gasteiger partial charge in [-0.05, 0) is 56.4 Å². The molecule has 2 rings (SSSR count). The Bertz CT molecular complexity index is 768. The van der Waals surface area contributed by atoms with Crippen LogP contribution in [0.1, 0.15) is 27.2 Å². The van der Waals surface area contributed by atoms with Crippen LogP contribution in [0.5, 0.6) is 0 Å². The van der Waals surface area contributed by atoms with Gasteiger partial charge in [0.15, 0.2) is 0 Å². The number of anilines is 1. The molecule has 0 aliphatic rings. The number of benzene rings is 1. The molecule has 1 aromatic heterocycles. The molecule has 0 saturated carbocycles. The van der Waals surface area contributed by atoms with Gasteiger partial charge in [0.25, 0.3) is 0 Å². The number of allylic oxidation sites excluding steroid dienone is 2. The van der Waals surface area contributed by atoms with Crippen molar-refractivity contribution in [2.75, 3.05) is 11.6 Å². The van der Waals surface area contributed by atoms with Crippen LogP contribution in [0.25, 0.3) is 10.9 Å². The van der Waals surface area contributed by atoms with E-state index in [4.69, 9.17) is 4.99 Å². The number of aliphatic imine (C=N–C) groups is 1. The summed E-state index contributed by atoms with van der Waals surface area (Å²) in [5.74, 6) is 0.915. The number of hydrogen-bond acceptors (Lipinski definition) is 4. The summed E-state index contributed by atoms with van der Waals surface area (Å²) in [5.41, 5.74) is 3.38. The molecule has 0 unspecified atom stereocenters. The number of rotatable bonds is 5. The Morgan fingerprint density at radius 1 is 1.43 bits per heavy atom. The minimum atomic E-state index is 0.915. The summed E-state index contributed by atoms with van der Waals surface area (Å²) in [5, 5.41) is 9.86. The summed E-state index contributed by atoms with van der Waals surface area (Å²) in [7, 11) is 1.95. The topological polar surface area (TPSA) is 42.2 Å². The summed E-state index contributed by atoms with van der Waals surface area (Å²) in [6, 6.07) is 6.25. The molecule has 0 amide bonds. The zero-order valence-corrected chi connectivity index (χ0v) is 15.2. The second-order valence-electron chi connectivity index (χ2n) is 5.30. The summed E-state index contributed by atoms with van der Waals surface area (Å²) >= 11 is 1.64. The summed E-state index contributed by atoms with van der Waals surface area (Å²) < 4.78 is 1.88. The Kier molecular flexibility index (Phi) is 6.04. The van der Waals surface area contributed by atoms with E-state index < -0.39 is 0 Å². The van der Waals surface area contributed by atoms with Crippen molar-refractivity contribution in [1.82, 2.24) is 9.78 Å². The molecule has 0 aliphatic carbocycles. The minimum Gasteiger partial charge on any atom is -0.340 e. The highest BCUT2D eigenvalue weighted by molar-refractivity contribution is 8.13. The smallest absolute Gasteiger partial charge is 0.130 e. The first-order chi connectivity index (χ1) is 11.1. The number of nitrogens with zero attached hydrogens (tertiary/aromatic N) is 3. The van der Waals surface area contributed by atoms with E-state index in [0.717, 1.165) is 33.9 Å². The normalized spacial score (nSPS) is 13.7. The molecule has 1 aromatic carbocycles. The van der Waals surface area contributed by atoms with Crippen molar-refractivity contribution in [3.8, 4) is 0 Å². The molecule has 2 aromatic rings. The molecular formula is C18H24N4S. The molecule has 5 heteroatoms. The molecule has 122 valence electrons. The van der Waals surface area contributed by atoms with E-state index in [1.165, 1.54) is 5.57 Å². The Morgan fingerprint density at radius 3 is 2.87 bits per heavy atom. The van der Waals surface area contributed by atoms with Crippen molar-refractivity contribution in [2.24, 2.45) is 12.0 Å².